The highest BCUT2D eigenvalue weighted by atomic mass is 127. The van der Waals surface area contributed by atoms with E-state index in [1.54, 1.807) is 0 Å². The van der Waals surface area contributed by atoms with Gasteiger partial charge >= 0.3 is 6.09 Å². The third-order valence-corrected chi connectivity index (χ3v) is 4.91. The van der Waals surface area contributed by atoms with Crippen LogP contribution in [0.3, 0.4) is 0 Å². The molecule has 2 atom stereocenters. The largest absolute Gasteiger partial charge is 0.444 e. The lowest BCUT2D eigenvalue weighted by molar-refractivity contribution is 0.0109. The maximum atomic E-state index is 12.5. The zero-order valence-corrected chi connectivity index (χ0v) is 21.4. The van der Waals surface area contributed by atoms with E-state index in [-0.39, 0.29) is 42.2 Å². The van der Waals surface area contributed by atoms with Gasteiger partial charge in [-0.25, -0.2) is 4.79 Å². The first-order valence-corrected chi connectivity index (χ1v) is 11.1. The van der Waals surface area contributed by atoms with E-state index in [1.165, 1.54) is 0 Å². The summed E-state index contributed by atoms with van der Waals surface area (Å²) in [5.41, 5.74) is -0.481. The van der Waals surface area contributed by atoms with Crippen LogP contribution in [0.5, 0.6) is 0 Å². The Morgan fingerprint density at radius 3 is 2.70 bits per heavy atom. The number of hydrogen-bond acceptors (Lipinski definition) is 5. The lowest BCUT2D eigenvalue weighted by Gasteiger charge is -2.36. The van der Waals surface area contributed by atoms with E-state index in [9.17, 15) is 4.79 Å². The molecule has 0 aromatic heterocycles. The van der Waals surface area contributed by atoms with E-state index in [0.717, 1.165) is 70.9 Å². The molecule has 0 saturated carbocycles. The summed E-state index contributed by atoms with van der Waals surface area (Å²) in [6.07, 6.45) is 5.02. The van der Waals surface area contributed by atoms with Crippen molar-refractivity contribution in [3.63, 3.8) is 0 Å². The second-order valence-corrected chi connectivity index (χ2v) is 8.68. The summed E-state index contributed by atoms with van der Waals surface area (Å²) in [7, 11) is 0. The number of nitrogens with one attached hydrogen (secondary N) is 2. The van der Waals surface area contributed by atoms with Crippen LogP contribution in [0.2, 0.25) is 0 Å². The Hall–Kier alpha value is -0.810. The Labute approximate surface area is 198 Å². The van der Waals surface area contributed by atoms with Gasteiger partial charge in [0.25, 0.3) is 0 Å². The highest BCUT2D eigenvalue weighted by molar-refractivity contribution is 14.0. The average Bonchev–Trinajstić information content (AvgIpc) is 3.18. The zero-order chi connectivity index (χ0) is 21.1. The van der Waals surface area contributed by atoms with Crippen LogP contribution in [-0.2, 0) is 14.2 Å². The molecule has 9 heteroatoms. The number of guanidine groups is 1. The topological polar surface area (TPSA) is 84.4 Å². The van der Waals surface area contributed by atoms with Crippen molar-refractivity contribution < 1.29 is 19.0 Å². The van der Waals surface area contributed by atoms with E-state index in [4.69, 9.17) is 19.2 Å². The predicted molar refractivity (Wildman–Crippen MR) is 130 cm³/mol. The van der Waals surface area contributed by atoms with Crippen LogP contribution in [0.1, 0.15) is 59.8 Å². The Kier molecular flexibility index (Phi) is 13.0. The number of aliphatic imine (C=N–C) groups is 1. The summed E-state index contributed by atoms with van der Waals surface area (Å²) < 4.78 is 16.7. The van der Waals surface area contributed by atoms with Gasteiger partial charge in [-0.3, -0.25) is 4.99 Å². The molecule has 0 bridgehead atoms. The number of piperidine rings is 1. The lowest BCUT2D eigenvalue weighted by atomic mass is 10.0. The van der Waals surface area contributed by atoms with Gasteiger partial charge in [-0.1, -0.05) is 0 Å². The molecule has 176 valence electrons. The highest BCUT2D eigenvalue weighted by Crippen LogP contribution is 2.20. The minimum atomic E-state index is -0.481. The number of nitrogens with zero attached hydrogens (tertiary/aromatic N) is 2. The number of halogens is 1. The fourth-order valence-corrected chi connectivity index (χ4v) is 3.46. The van der Waals surface area contributed by atoms with Gasteiger partial charge in [-0.05, 0) is 59.8 Å². The molecule has 2 N–H and O–H groups in total. The molecule has 0 aliphatic carbocycles. The van der Waals surface area contributed by atoms with E-state index < -0.39 is 5.60 Å². The number of carbonyl (C=O) groups excluding carboxylic acids is 1. The normalized spacial score (nSPS) is 22.4. The van der Waals surface area contributed by atoms with Crippen molar-refractivity contribution in [2.75, 3.05) is 46.0 Å². The summed E-state index contributed by atoms with van der Waals surface area (Å²) in [5.74, 6) is 0.784. The molecule has 1 amide bonds. The SMILES string of the molecule is CCNC(=NCC1CCCCN1C(=O)OC(C)(C)C)NCCCOC1CCOC1.I. The molecule has 2 rings (SSSR count). The first kappa shape index (κ1) is 27.2. The minimum Gasteiger partial charge on any atom is -0.444 e. The molecule has 2 aliphatic rings. The van der Waals surface area contributed by atoms with Gasteiger partial charge in [0.2, 0.25) is 0 Å². The zero-order valence-electron chi connectivity index (χ0n) is 19.1. The van der Waals surface area contributed by atoms with Crippen LogP contribution in [0, 0.1) is 0 Å². The molecule has 2 fully saturated rings. The van der Waals surface area contributed by atoms with Crippen molar-refractivity contribution in [2.45, 2.75) is 77.5 Å². The molecule has 2 saturated heterocycles. The number of rotatable bonds is 8. The molecule has 0 aromatic carbocycles. The molecular weight excluding hydrogens is 499 g/mol. The van der Waals surface area contributed by atoms with Gasteiger partial charge in [-0.15, -0.1) is 24.0 Å². The predicted octanol–water partition coefficient (Wildman–Crippen LogP) is 3.14. The molecule has 2 unspecified atom stereocenters. The molecule has 2 heterocycles. The van der Waals surface area contributed by atoms with Crippen molar-refractivity contribution in [1.82, 2.24) is 15.5 Å². The maximum Gasteiger partial charge on any atom is 0.410 e. The van der Waals surface area contributed by atoms with Crippen LogP contribution >= 0.6 is 24.0 Å². The van der Waals surface area contributed by atoms with Gasteiger partial charge in [0.15, 0.2) is 5.96 Å². The Bertz CT molecular complexity index is 522. The summed E-state index contributed by atoms with van der Waals surface area (Å²) in [4.78, 5) is 19.1. The van der Waals surface area contributed by atoms with Crippen molar-refractivity contribution in [1.29, 1.82) is 0 Å². The first-order valence-electron chi connectivity index (χ1n) is 11.1. The van der Waals surface area contributed by atoms with E-state index in [0.29, 0.717) is 13.2 Å². The monoisotopic (exact) mass is 540 g/mol. The Morgan fingerprint density at radius 1 is 1.23 bits per heavy atom. The standard InChI is InChI=1S/C21H40N4O4.HI/c1-5-22-19(23-11-8-13-28-18-10-14-27-16-18)24-15-17-9-6-7-12-25(17)20(26)29-21(2,3)4;/h17-18H,5-16H2,1-4H3,(H2,22,23,24);1H. The molecule has 0 aromatic rings. The van der Waals surface area contributed by atoms with Crippen LogP contribution in [0.15, 0.2) is 4.99 Å². The van der Waals surface area contributed by atoms with Crippen LogP contribution in [0.4, 0.5) is 4.79 Å². The average molecular weight is 540 g/mol. The van der Waals surface area contributed by atoms with Crippen molar-refractivity contribution in [2.24, 2.45) is 4.99 Å². The Morgan fingerprint density at radius 2 is 2.03 bits per heavy atom. The molecule has 2 aliphatic heterocycles. The number of likely N-dealkylation sites (tertiary alicyclic amines) is 1. The number of hydrogen-bond donors (Lipinski definition) is 2. The summed E-state index contributed by atoms with van der Waals surface area (Å²) in [6.45, 7) is 12.9. The number of amides is 1. The Balaban J connectivity index is 0.00000450. The summed E-state index contributed by atoms with van der Waals surface area (Å²) in [5, 5.41) is 6.64. The van der Waals surface area contributed by atoms with Gasteiger partial charge in [0, 0.05) is 32.8 Å². The minimum absolute atomic E-state index is 0. The van der Waals surface area contributed by atoms with E-state index >= 15 is 0 Å². The van der Waals surface area contributed by atoms with E-state index in [2.05, 4.69) is 10.6 Å². The highest BCUT2D eigenvalue weighted by Gasteiger charge is 2.30. The van der Waals surface area contributed by atoms with Gasteiger partial charge in [-0.2, -0.15) is 0 Å². The van der Waals surface area contributed by atoms with Crippen LogP contribution < -0.4 is 10.6 Å². The number of carbonyl (C=O) groups is 1. The quantitative estimate of drug-likeness (QED) is 0.213. The van der Waals surface area contributed by atoms with Crippen LogP contribution in [0.25, 0.3) is 0 Å². The summed E-state index contributed by atoms with van der Waals surface area (Å²) >= 11 is 0. The maximum absolute atomic E-state index is 12.5. The van der Waals surface area contributed by atoms with Gasteiger partial charge in [0.05, 0.1) is 25.3 Å². The third kappa shape index (κ3) is 10.5. The van der Waals surface area contributed by atoms with Crippen molar-refractivity contribution in [3.05, 3.63) is 0 Å². The lowest BCUT2D eigenvalue weighted by Crippen LogP contribution is -2.48. The fourth-order valence-electron chi connectivity index (χ4n) is 3.46. The smallest absolute Gasteiger partial charge is 0.410 e. The second kappa shape index (κ2) is 14.3. The number of ether oxygens (including phenoxy) is 3. The van der Waals surface area contributed by atoms with Crippen molar-refractivity contribution in [3.8, 4) is 0 Å². The first-order chi connectivity index (χ1) is 13.9. The van der Waals surface area contributed by atoms with Gasteiger partial charge < -0.3 is 29.7 Å². The molecule has 0 spiro atoms. The van der Waals surface area contributed by atoms with Gasteiger partial charge in [0.1, 0.15) is 5.60 Å². The fraction of sp³-hybridized carbons (Fsp3) is 0.905. The molecule has 8 nitrogen and oxygen atoms in total. The van der Waals surface area contributed by atoms with E-state index in [1.807, 2.05) is 32.6 Å². The molecular formula is C21H41IN4O4. The molecule has 30 heavy (non-hydrogen) atoms. The molecule has 0 radical (unpaired) electrons. The summed E-state index contributed by atoms with van der Waals surface area (Å²) in [6, 6.07) is 0.0831. The second-order valence-electron chi connectivity index (χ2n) is 8.68. The van der Waals surface area contributed by atoms with Crippen molar-refractivity contribution >= 4 is 36.0 Å². The van der Waals surface area contributed by atoms with Crippen LogP contribution in [-0.4, -0.2) is 80.7 Å². The third-order valence-electron chi connectivity index (χ3n) is 4.91.